The largest absolute Gasteiger partial charge is 0.472 e. The maximum atomic E-state index is 13.9. The van der Waals surface area contributed by atoms with Crippen LogP contribution in [-0.4, -0.2) is 70.6 Å². The first-order valence-corrected chi connectivity index (χ1v) is 11.9. The number of halogens is 1. The van der Waals surface area contributed by atoms with Gasteiger partial charge in [0.2, 0.25) is 11.8 Å². The number of nitrogens with zero attached hydrogens (tertiary/aromatic N) is 3. The van der Waals surface area contributed by atoms with Gasteiger partial charge in [-0.05, 0) is 38.0 Å². The van der Waals surface area contributed by atoms with Gasteiger partial charge in [0.15, 0.2) is 0 Å². The van der Waals surface area contributed by atoms with Crippen molar-refractivity contribution < 1.29 is 23.8 Å². The van der Waals surface area contributed by atoms with Crippen LogP contribution in [0.3, 0.4) is 0 Å². The molecule has 2 amide bonds. The lowest BCUT2D eigenvalue weighted by molar-refractivity contribution is -0.132. The standard InChI is InChI=1S/C27H30FN3O4/c1-17-14-31(18(2)16-32)27(34)22-12-19(8-9-20-6-4-5-7-23(20)28)13-29-25(22)35-24(17)15-30(3)26(33)21-10-11-21/h4-7,12-13,17-18,21,24,32H,10-11,14-16H2,1-3H3/t17-,18+,24-/m0/s1. The van der Waals surface area contributed by atoms with Crippen LogP contribution in [0.4, 0.5) is 4.39 Å². The van der Waals surface area contributed by atoms with Crippen molar-refractivity contribution in [2.24, 2.45) is 11.8 Å². The molecular formula is C27H30FN3O4. The molecule has 184 valence electrons. The minimum Gasteiger partial charge on any atom is -0.472 e. The summed E-state index contributed by atoms with van der Waals surface area (Å²) >= 11 is 0. The van der Waals surface area contributed by atoms with Gasteiger partial charge in [0.25, 0.3) is 5.91 Å². The third kappa shape index (κ3) is 5.63. The first-order chi connectivity index (χ1) is 16.8. The van der Waals surface area contributed by atoms with Gasteiger partial charge in [-0.25, -0.2) is 9.37 Å². The van der Waals surface area contributed by atoms with E-state index in [-0.39, 0.29) is 47.3 Å². The van der Waals surface area contributed by atoms with Gasteiger partial charge >= 0.3 is 0 Å². The summed E-state index contributed by atoms with van der Waals surface area (Å²) < 4.78 is 20.2. The molecule has 3 atom stereocenters. The lowest BCUT2D eigenvalue weighted by atomic mass is 9.99. The summed E-state index contributed by atoms with van der Waals surface area (Å²) in [5.41, 5.74) is 0.903. The third-order valence-corrected chi connectivity index (χ3v) is 6.49. The molecule has 1 saturated carbocycles. The van der Waals surface area contributed by atoms with Crippen LogP contribution in [0.2, 0.25) is 0 Å². The molecular weight excluding hydrogens is 449 g/mol. The Morgan fingerprint density at radius 2 is 2.09 bits per heavy atom. The van der Waals surface area contributed by atoms with E-state index in [1.807, 2.05) is 6.92 Å². The predicted molar refractivity (Wildman–Crippen MR) is 128 cm³/mol. The Hall–Kier alpha value is -3.44. The molecule has 1 aromatic heterocycles. The number of hydrogen-bond donors (Lipinski definition) is 1. The van der Waals surface area contributed by atoms with Gasteiger partial charge in [-0.15, -0.1) is 0 Å². The highest BCUT2D eigenvalue weighted by molar-refractivity contribution is 5.97. The van der Waals surface area contributed by atoms with Crippen LogP contribution in [0.15, 0.2) is 36.5 Å². The maximum Gasteiger partial charge on any atom is 0.259 e. The lowest BCUT2D eigenvalue weighted by Crippen LogP contribution is -2.50. The summed E-state index contributed by atoms with van der Waals surface area (Å²) in [4.78, 5) is 33.7. The van der Waals surface area contributed by atoms with Crippen LogP contribution >= 0.6 is 0 Å². The highest BCUT2D eigenvalue weighted by Crippen LogP contribution is 2.32. The van der Waals surface area contributed by atoms with E-state index in [1.165, 1.54) is 12.3 Å². The molecule has 1 N–H and O–H groups in total. The van der Waals surface area contributed by atoms with Crippen molar-refractivity contribution in [3.05, 3.63) is 59.0 Å². The number of aliphatic hydroxyl groups is 1. The molecule has 8 heteroatoms. The zero-order valence-electron chi connectivity index (χ0n) is 20.2. The van der Waals surface area contributed by atoms with Crippen molar-refractivity contribution in [3.8, 4) is 17.7 Å². The highest BCUT2D eigenvalue weighted by atomic mass is 19.1. The fraction of sp³-hybridized carbons (Fsp3) is 0.444. The molecule has 7 nitrogen and oxygen atoms in total. The Balaban J connectivity index is 1.67. The van der Waals surface area contributed by atoms with Gasteiger partial charge in [0.1, 0.15) is 17.5 Å². The average molecular weight is 480 g/mol. The normalized spacial score (nSPS) is 20.5. The molecule has 4 rings (SSSR count). The van der Waals surface area contributed by atoms with E-state index in [1.54, 1.807) is 48.0 Å². The minimum absolute atomic E-state index is 0.0948. The molecule has 1 aromatic carbocycles. The van der Waals surface area contributed by atoms with E-state index in [4.69, 9.17) is 4.74 Å². The number of hydrogen-bond acceptors (Lipinski definition) is 5. The number of fused-ring (bicyclic) bond motifs is 1. The van der Waals surface area contributed by atoms with Gasteiger partial charge in [-0.1, -0.05) is 30.9 Å². The van der Waals surface area contributed by atoms with E-state index in [0.29, 0.717) is 18.7 Å². The number of ether oxygens (including phenoxy) is 1. The van der Waals surface area contributed by atoms with Crippen LogP contribution < -0.4 is 4.74 Å². The zero-order valence-corrected chi connectivity index (χ0v) is 20.2. The molecule has 2 aromatic rings. The SMILES string of the molecule is C[C@H](CO)N1C[C@H](C)[C@H](CN(C)C(=O)C2CC2)Oc2ncc(C#Cc3ccccc3F)cc2C1=O. The van der Waals surface area contributed by atoms with Crippen LogP contribution in [0, 0.1) is 29.5 Å². The number of rotatable bonds is 5. The molecule has 0 spiro atoms. The highest BCUT2D eigenvalue weighted by Gasteiger charge is 2.37. The molecule has 2 heterocycles. The molecule has 0 saturated heterocycles. The molecule has 1 aliphatic heterocycles. The molecule has 0 unspecified atom stereocenters. The van der Waals surface area contributed by atoms with Crippen molar-refractivity contribution >= 4 is 11.8 Å². The zero-order chi connectivity index (χ0) is 25.1. The van der Waals surface area contributed by atoms with E-state index in [0.717, 1.165) is 12.8 Å². The predicted octanol–water partition coefficient (Wildman–Crippen LogP) is 2.71. The van der Waals surface area contributed by atoms with E-state index in [9.17, 15) is 19.1 Å². The second kappa shape index (κ2) is 10.4. The fourth-order valence-corrected chi connectivity index (χ4v) is 4.09. The van der Waals surface area contributed by atoms with E-state index in [2.05, 4.69) is 16.8 Å². The van der Waals surface area contributed by atoms with Gasteiger partial charge in [-0.3, -0.25) is 9.59 Å². The monoisotopic (exact) mass is 479 g/mol. The van der Waals surface area contributed by atoms with Crippen LogP contribution in [-0.2, 0) is 4.79 Å². The summed E-state index contributed by atoms with van der Waals surface area (Å²) in [5, 5.41) is 9.79. The molecule has 0 bridgehead atoms. The minimum atomic E-state index is -0.428. The van der Waals surface area contributed by atoms with Crippen molar-refractivity contribution in [1.82, 2.24) is 14.8 Å². The average Bonchev–Trinajstić information content (AvgIpc) is 3.70. The Morgan fingerprint density at radius 1 is 1.34 bits per heavy atom. The quantitative estimate of drug-likeness (QED) is 0.667. The summed E-state index contributed by atoms with van der Waals surface area (Å²) in [6.07, 6.45) is 2.93. The Kier molecular flexibility index (Phi) is 7.37. The number of amides is 2. The number of benzene rings is 1. The first-order valence-electron chi connectivity index (χ1n) is 11.9. The van der Waals surface area contributed by atoms with Crippen LogP contribution in [0.5, 0.6) is 5.88 Å². The van der Waals surface area contributed by atoms with Crippen LogP contribution in [0.25, 0.3) is 0 Å². The lowest BCUT2D eigenvalue weighted by Gasteiger charge is -2.37. The van der Waals surface area contributed by atoms with Crippen molar-refractivity contribution in [2.75, 3.05) is 26.7 Å². The Morgan fingerprint density at radius 3 is 2.77 bits per heavy atom. The second-order valence-corrected chi connectivity index (χ2v) is 9.42. The van der Waals surface area contributed by atoms with Crippen molar-refractivity contribution in [3.63, 3.8) is 0 Å². The summed E-state index contributed by atoms with van der Waals surface area (Å²) in [7, 11) is 1.77. The topological polar surface area (TPSA) is 83.0 Å². The third-order valence-electron chi connectivity index (χ3n) is 6.49. The number of pyridine rings is 1. The number of carbonyl (C=O) groups is 2. The smallest absolute Gasteiger partial charge is 0.259 e. The molecule has 1 aliphatic carbocycles. The second-order valence-electron chi connectivity index (χ2n) is 9.42. The van der Waals surface area contributed by atoms with Crippen LogP contribution in [0.1, 0.15) is 48.2 Å². The summed E-state index contributed by atoms with van der Waals surface area (Å²) in [6, 6.07) is 7.36. The van der Waals surface area contributed by atoms with Gasteiger partial charge < -0.3 is 19.6 Å². The van der Waals surface area contributed by atoms with Crippen molar-refractivity contribution in [1.29, 1.82) is 0 Å². The molecule has 2 aliphatic rings. The number of aliphatic hydroxyl groups excluding tert-OH is 1. The number of carbonyl (C=O) groups excluding carboxylic acids is 2. The molecule has 1 fully saturated rings. The molecule has 0 radical (unpaired) electrons. The Labute approximate surface area is 204 Å². The number of likely N-dealkylation sites (N-methyl/N-ethyl adjacent to an activating group) is 1. The summed E-state index contributed by atoms with van der Waals surface area (Å²) in [6.45, 7) is 4.26. The first kappa shape index (κ1) is 24.7. The van der Waals surface area contributed by atoms with Gasteiger partial charge in [0, 0.05) is 37.2 Å². The maximum absolute atomic E-state index is 13.9. The Bertz CT molecular complexity index is 1170. The van der Waals surface area contributed by atoms with Crippen molar-refractivity contribution in [2.45, 2.75) is 38.8 Å². The van der Waals surface area contributed by atoms with E-state index < -0.39 is 18.0 Å². The van der Waals surface area contributed by atoms with Gasteiger partial charge in [-0.2, -0.15) is 0 Å². The molecule has 35 heavy (non-hydrogen) atoms. The van der Waals surface area contributed by atoms with E-state index >= 15 is 0 Å². The summed E-state index contributed by atoms with van der Waals surface area (Å²) in [5.74, 6) is 5.14. The van der Waals surface area contributed by atoms with Gasteiger partial charge in [0.05, 0.1) is 24.8 Å². The fourth-order valence-electron chi connectivity index (χ4n) is 4.09. The number of aromatic nitrogens is 1.